The molecule has 2 aromatic rings. The largest absolute Gasteiger partial charge is 0.326 e. The van der Waals surface area contributed by atoms with E-state index in [0.717, 1.165) is 0 Å². The Balaban J connectivity index is 2.08. The number of ketones is 1. The van der Waals surface area contributed by atoms with Crippen LogP contribution in [0.5, 0.6) is 0 Å². The van der Waals surface area contributed by atoms with Gasteiger partial charge in [0.15, 0.2) is 5.78 Å². The van der Waals surface area contributed by atoms with E-state index in [1.165, 1.54) is 6.92 Å². The average Bonchev–Trinajstić information content (AvgIpc) is 2.60. The van der Waals surface area contributed by atoms with Crippen LogP contribution >= 0.6 is 0 Å². The number of hydrogen-bond acceptors (Lipinski definition) is 3. The van der Waals surface area contributed by atoms with Gasteiger partial charge in [0.05, 0.1) is 5.69 Å². The van der Waals surface area contributed by atoms with Crippen LogP contribution < -0.4 is 16.0 Å². The molecule has 0 aromatic heterocycles. The smallest absolute Gasteiger partial charge is 0.319 e. The summed E-state index contributed by atoms with van der Waals surface area (Å²) in [5.74, 6) is -0.658. The van der Waals surface area contributed by atoms with Crippen LogP contribution in [0.1, 0.15) is 31.1 Å². The van der Waals surface area contributed by atoms with Gasteiger partial charge in [0.1, 0.15) is 6.04 Å². The number of hydrogen-bond donors (Lipinski definition) is 3. The van der Waals surface area contributed by atoms with Crippen LogP contribution in [-0.4, -0.2) is 23.8 Å². The lowest BCUT2D eigenvalue weighted by Gasteiger charge is -2.22. The molecule has 0 saturated heterocycles. The first kappa shape index (κ1) is 19.2. The van der Waals surface area contributed by atoms with Gasteiger partial charge in [0.2, 0.25) is 5.91 Å². The SMILES string of the molecule is CC(=O)c1ccccc1NC(=O)C(NC(=O)Nc1ccccc1)C(C)C. The van der Waals surface area contributed by atoms with Gasteiger partial charge in [-0.25, -0.2) is 4.79 Å². The zero-order valence-electron chi connectivity index (χ0n) is 15.1. The molecule has 26 heavy (non-hydrogen) atoms. The number of para-hydroxylation sites is 2. The Hall–Kier alpha value is -3.15. The van der Waals surface area contributed by atoms with Crippen LogP contribution in [0, 0.1) is 5.92 Å². The molecule has 1 atom stereocenters. The van der Waals surface area contributed by atoms with Gasteiger partial charge in [0.25, 0.3) is 0 Å². The molecule has 136 valence electrons. The average molecular weight is 353 g/mol. The highest BCUT2D eigenvalue weighted by molar-refractivity contribution is 6.05. The molecule has 0 heterocycles. The third-order valence-corrected chi connectivity index (χ3v) is 3.83. The molecule has 3 N–H and O–H groups in total. The molecule has 2 aromatic carbocycles. The van der Waals surface area contributed by atoms with E-state index in [2.05, 4.69) is 16.0 Å². The van der Waals surface area contributed by atoms with Crippen LogP contribution in [0.25, 0.3) is 0 Å². The van der Waals surface area contributed by atoms with Crippen molar-refractivity contribution in [1.29, 1.82) is 0 Å². The number of amides is 3. The minimum atomic E-state index is -0.751. The summed E-state index contributed by atoms with van der Waals surface area (Å²) in [4.78, 5) is 36.6. The second-order valence-electron chi connectivity index (χ2n) is 6.28. The van der Waals surface area contributed by atoms with Crippen molar-refractivity contribution in [3.05, 3.63) is 60.2 Å². The number of carbonyl (C=O) groups is 3. The minimum Gasteiger partial charge on any atom is -0.326 e. The van der Waals surface area contributed by atoms with Crippen LogP contribution in [0.3, 0.4) is 0 Å². The molecule has 0 aliphatic carbocycles. The van der Waals surface area contributed by atoms with Gasteiger partial charge >= 0.3 is 6.03 Å². The van der Waals surface area contributed by atoms with Crippen molar-refractivity contribution in [2.24, 2.45) is 5.92 Å². The normalized spacial score (nSPS) is 11.5. The summed E-state index contributed by atoms with van der Waals surface area (Å²) in [7, 11) is 0. The summed E-state index contributed by atoms with van der Waals surface area (Å²) < 4.78 is 0. The van der Waals surface area contributed by atoms with E-state index in [9.17, 15) is 14.4 Å². The number of rotatable bonds is 6. The number of carbonyl (C=O) groups excluding carboxylic acids is 3. The van der Waals surface area contributed by atoms with E-state index in [-0.39, 0.29) is 17.6 Å². The Labute approximate surface area is 153 Å². The highest BCUT2D eigenvalue weighted by Gasteiger charge is 2.25. The summed E-state index contributed by atoms with van der Waals surface area (Å²) >= 11 is 0. The topological polar surface area (TPSA) is 87.3 Å². The van der Waals surface area contributed by atoms with E-state index < -0.39 is 12.1 Å². The number of anilines is 2. The molecule has 0 radical (unpaired) electrons. The monoisotopic (exact) mass is 353 g/mol. The van der Waals surface area contributed by atoms with Crippen molar-refractivity contribution in [2.45, 2.75) is 26.8 Å². The summed E-state index contributed by atoms with van der Waals surface area (Å²) in [5, 5.41) is 8.12. The van der Waals surface area contributed by atoms with Crippen molar-refractivity contribution in [1.82, 2.24) is 5.32 Å². The fourth-order valence-electron chi connectivity index (χ4n) is 2.47. The molecular formula is C20H23N3O3. The maximum Gasteiger partial charge on any atom is 0.319 e. The lowest BCUT2D eigenvalue weighted by molar-refractivity contribution is -0.118. The molecule has 0 aliphatic rings. The first-order valence-corrected chi connectivity index (χ1v) is 8.42. The lowest BCUT2D eigenvalue weighted by Crippen LogP contribution is -2.48. The predicted octanol–water partition coefficient (Wildman–Crippen LogP) is 3.67. The van der Waals surface area contributed by atoms with Crippen LogP contribution in [-0.2, 0) is 4.79 Å². The van der Waals surface area contributed by atoms with Gasteiger partial charge in [-0.05, 0) is 37.1 Å². The molecular weight excluding hydrogens is 330 g/mol. The van der Waals surface area contributed by atoms with Gasteiger partial charge in [-0.1, -0.05) is 44.2 Å². The standard InChI is InChI=1S/C20H23N3O3/c1-13(2)18(23-20(26)21-15-9-5-4-6-10-15)19(25)22-17-12-8-7-11-16(17)14(3)24/h4-13,18H,1-3H3,(H,22,25)(H2,21,23,26). The van der Waals surface area contributed by atoms with E-state index in [1.54, 1.807) is 48.5 Å². The molecule has 0 fully saturated rings. The summed E-state index contributed by atoms with van der Waals surface area (Å²) in [5.41, 5.74) is 1.49. The molecule has 0 aliphatic heterocycles. The molecule has 0 saturated carbocycles. The third-order valence-electron chi connectivity index (χ3n) is 3.83. The second kappa shape index (κ2) is 8.80. The molecule has 3 amide bonds. The first-order valence-electron chi connectivity index (χ1n) is 8.42. The minimum absolute atomic E-state index is 0.138. The maximum absolute atomic E-state index is 12.7. The lowest BCUT2D eigenvalue weighted by atomic mass is 10.0. The molecule has 0 bridgehead atoms. The highest BCUT2D eigenvalue weighted by atomic mass is 16.2. The van der Waals surface area contributed by atoms with Crippen molar-refractivity contribution in [2.75, 3.05) is 10.6 Å². The molecule has 2 rings (SSSR count). The first-order chi connectivity index (χ1) is 12.4. The Bertz CT molecular complexity index is 788. The van der Waals surface area contributed by atoms with Crippen LogP contribution in [0.4, 0.5) is 16.2 Å². The quantitative estimate of drug-likeness (QED) is 0.692. The van der Waals surface area contributed by atoms with Gasteiger partial charge in [-0.3, -0.25) is 9.59 Å². The Kier molecular flexibility index (Phi) is 6.49. The zero-order chi connectivity index (χ0) is 19.1. The van der Waals surface area contributed by atoms with Crippen LogP contribution in [0.15, 0.2) is 54.6 Å². The van der Waals surface area contributed by atoms with Crippen molar-refractivity contribution < 1.29 is 14.4 Å². The van der Waals surface area contributed by atoms with E-state index >= 15 is 0 Å². The maximum atomic E-state index is 12.7. The molecule has 1 unspecified atom stereocenters. The molecule has 6 nitrogen and oxygen atoms in total. The summed E-state index contributed by atoms with van der Waals surface area (Å²) in [6, 6.07) is 14.5. The van der Waals surface area contributed by atoms with Gasteiger partial charge in [-0.15, -0.1) is 0 Å². The van der Waals surface area contributed by atoms with Crippen molar-refractivity contribution in [3.63, 3.8) is 0 Å². The van der Waals surface area contributed by atoms with Gasteiger partial charge in [0, 0.05) is 11.3 Å². The predicted molar refractivity (Wildman–Crippen MR) is 102 cm³/mol. The van der Waals surface area contributed by atoms with Gasteiger partial charge < -0.3 is 16.0 Å². The fraction of sp³-hybridized carbons (Fsp3) is 0.250. The van der Waals surface area contributed by atoms with Gasteiger partial charge in [-0.2, -0.15) is 0 Å². The molecule has 6 heteroatoms. The fourth-order valence-corrected chi connectivity index (χ4v) is 2.47. The summed E-state index contributed by atoms with van der Waals surface area (Å²) in [6.07, 6.45) is 0. The number of benzene rings is 2. The number of urea groups is 1. The van der Waals surface area contributed by atoms with Crippen molar-refractivity contribution >= 4 is 29.1 Å². The van der Waals surface area contributed by atoms with E-state index in [0.29, 0.717) is 16.9 Å². The number of Topliss-reactive ketones (excluding diaryl/α,β-unsaturated/α-hetero) is 1. The second-order valence-corrected chi connectivity index (χ2v) is 6.28. The third kappa shape index (κ3) is 5.17. The zero-order valence-corrected chi connectivity index (χ0v) is 15.1. The van der Waals surface area contributed by atoms with Crippen molar-refractivity contribution in [3.8, 4) is 0 Å². The Morgan fingerprint density at radius 3 is 2.08 bits per heavy atom. The number of nitrogens with one attached hydrogen (secondary N) is 3. The van der Waals surface area contributed by atoms with E-state index in [4.69, 9.17) is 0 Å². The Morgan fingerprint density at radius 1 is 0.846 bits per heavy atom. The highest BCUT2D eigenvalue weighted by Crippen LogP contribution is 2.17. The van der Waals surface area contributed by atoms with Crippen LogP contribution in [0.2, 0.25) is 0 Å². The summed E-state index contributed by atoms with van der Waals surface area (Å²) in [6.45, 7) is 5.12. The molecule has 0 spiro atoms. The Morgan fingerprint density at radius 2 is 1.46 bits per heavy atom. The van der Waals surface area contributed by atoms with E-state index in [1.807, 2.05) is 19.9 Å².